The van der Waals surface area contributed by atoms with Gasteiger partial charge in [0.1, 0.15) is 11.8 Å². The molecule has 0 amide bonds. The molecule has 4 nitrogen and oxygen atoms in total. The van der Waals surface area contributed by atoms with Crippen molar-refractivity contribution in [2.24, 2.45) is 0 Å². The van der Waals surface area contributed by atoms with Crippen LogP contribution in [0.2, 0.25) is 4.34 Å². The molecule has 6 heteroatoms. The van der Waals surface area contributed by atoms with Gasteiger partial charge in [0.15, 0.2) is 0 Å². The van der Waals surface area contributed by atoms with Crippen molar-refractivity contribution in [3.05, 3.63) is 64.2 Å². The molecule has 0 fully saturated rings. The van der Waals surface area contributed by atoms with E-state index in [9.17, 15) is 0 Å². The van der Waals surface area contributed by atoms with E-state index < -0.39 is 0 Å². The summed E-state index contributed by atoms with van der Waals surface area (Å²) in [5.41, 5.74) is 0. The highest BCUT2D eigenvalue weighted by molar-refractivity contribution is 7.16. The summed E-state index contributed by atoms with van der Waals surface area (Å²) < 4.78 is 8.42. The second kappa shape index (κ2) is 6.93. The minimum atomic E-state index is 0.0558. The number of furan rings is 1. The van der Waals surface area contributed by atoms with Crippen LogP contribution >= 0.6 is 22.9 Å². The number of aromatic nitrogens is 2. The molecule has 0 saturated heterocycles. The molecular formula is C15H16ClN3OS. The minimum absolute atomic E-state index is 0.0558. The number of nitrogens with one attached hydrogen (secondary N) is 1. The first-order valence-corrected chi connectivity index (χ1v) is 8.00. The van der Waals surface area contributed by atoms with E-state index in [4.69, 9.17) is 16.0 Å². The second-order valence-corrected chi connectivity index (χ2v) is 6.45. The normalized spacial score (nSPS) is 12.6. The van der Waals surface area contributed by atoms with E-state index in [1.807, 2.05) is 36.8 Å². The van der Waals surface area contributed by atoms with Crippen LogP contribution < -0.4 is 5.32 Å². The van der Waals surface area contributed by atoms with Gasteiger partial charge in [-0.3, -0.25) is 0 Å². The molecule has 3 aromatic rings. The SMILES string of the molecule is Clc1ccc(C(NCCCn2ccnc2)c2ccco2)s1. The van der Waals surface area contributed by atoms with Gasteiger partial charge >= 0.3 is 0 Å². The lowest BCUT2D eigenvalue weighted by Crippen LogP contribution is -2.23. The van der Waals surface area contributed by atoms with Crippen molar-refractivity contribution in [3.8, 4) is 0 Å². The smallest absolute Gasteiger partial charge is 0.126 e. The van der Waals surface area contributed by atoms with Crippen molar-refractivity contribution >= 4 is 22.9 Å². The molecule has 0 radical (unpaired) electrons. The van der Waals surface area contributed by atoms with Gasteiger partial charge in [-0.05, 0) is 37.2 Å². The third-order valence-electron chi connectivity index (χ3n) is 3.21. The maximum atomic E-state index is 6.04. The second-order valence-electron chi connectivity index (χ2n) is 4.70. The molecular weight excluding hydrogens is 306 g/mol. The quantitative estimate of drug-likeness (QED) is 0.670. The van der Waals surface area contributed by atoms with Crippen molar-refractivity contribution in [1.82, 2.24) is 14.9 Å². The zero-order valence-electron chi connectivity index (χ0n) is 11.4. The average molecular weight is 322 g/mol. The number of hydrogen-bond donors (Lipinski definition) is 1. The van der Waals surface area contributed by atoms with Crippen molar-refractivity contribution in [1.29, 1.82) is 0 Å². The molecule has 3 heterocycles. The average Bonchev–Trinajstić information content (AvgIpc) is 3.20. The molecule has 0 spiro atoms. The third kappa shape index (κ3) is 3.75. The first-order valence-electron chi connectivity index (χ1n) is 6.81. The molecule has 1 atom stereocenters. The highest BCUT2D eigenvalue weighted by Crippen LogP contribution is 2.31. The highest BCUT2D eigenvalue weighted by Gasteiger charge is 2.17. The monoisotopic (exact) mass is 321 g/mol. The number of rotatable bonds is 7. The van der Waals surface area contributed by atoms with Gasteiger partial charge in [0.2, 0.25) is 0 Å². The molecule has 3 rings (SSSR count). The lowest BCUT2D eigenvalue weighted by molar-refractivity contribution is 0.442. The predicted octanol–water partition coefficient (Wildman–Crippen LogP) is 3.96. The summed E-state index contributed by atoms with van der Waals surface area (Å²) >= 11 is 7.62. The maximum Gasteiger partial charge on any atom is 0.126 e. The molecule has 0 aliphatic rings. The molecule has 3 aromatic heterocycles. The van der Waals surface area contributed by atoms with E-state index in [-0.39, 0.29) is 6.04 Å². The minimum Gasteiger partial charge on any atom is -0.467 e. The summed E-state index contributed by atoms with van der Waals surface area (Å²) in [6, 6.07) is 7.92. The van der Waals surface area contributed by atoms with Crippen LogP contribution in [0.25, 0.3) is 0 Å². The first-order chi connectivity index (χ1) is 10.3. The highest BCUT2D eigenvalue weighted by atomic mass is 35.5. The molecule has 0 aromatic carbocycles. The number of hydrogen-bond acceptors (Lipinski definition) is 4. The Hall–Kier alpha value is -1.56. The summed E-state index contributed by atoms with van der Waals surface area (Å²) in [6.07, 6.45) is 8.33. The molecule has 110 valence electrons. The van der Waals surface area contributed by atoms with Crippen LogP contribution in [0.5, 0.6) is 0 Å². The Kier molecular flexibility index (Phi) is 4.75. The summed E-state index contributed by atoms with van der Waals surface area (Å²) in [7, 11) is 0. The van der Waals surface area contributed by atoms with Gasteiger partial charge in [-0.15, -0.1) is 11.3 Å². The zero-order valence-corrected chi connectivity index (χ0v) is 13.0. The van der Waals surface area contributed by atoms with Gasteiger partial charge in [-0.2, -0.15) is 0 Å². The van der Waals surface area contributed by atoms with E-state index in [1.54, 1.807) is 23.8 Å². The van der Waals surface area contributed by atoms with E-state index in [2.05, 4.69) is 14.9 Å². The van der Waals surface area contributed by atoms with Crippen LogP contribution in [-0.2, 0) is 6.54 Å². The fraction of sp³-hybridized carbons (Fsp3) is 0.267. The van der Waals surface area contributed by atoms with Gasteiger partial charge in [0.25, 0.3) is 0 Å². The van der Waals surface area contributed by atoms with Crippen molar-refractivity contribution in [2.45, 2.75) is 19.0 Å². The van der Waals surface area contributed by atoms with Crippen molar-refractivity contribution < 1.29 is 4.42 Å². The fourth-order valence-corrected chi connectivity index (χ4v) is 3.35. The lowest BCUT2D eigenvalue weighted by atomic mass is 10.2. The van der Waals surface area contributed by atoms with Crippen LogP contribution in [0.15, 0.2) is 53.7 Å². The number of imidazole rings is 1. The Bertz CT molecular complexity index is 648. The van der Waals surface area contributed by atoms with Gasteiger partial charge in [-0.1, -0.05) is 11.6 Å². The maximum absolute atomic E-state index is 6.04. The van der Waals surface area contributed by atoms with Gasteiger partial charge < -0.3 is 14.3 Å². The molecule has 0 aliphatic carbocycles. The standard InChI is InChI=1S/C15H16ClN3OS/c16-14-5-4-13(21-14)15(12-3-1-10-20-12)18-6-2-8-19-9-7-17-11-19/h1,3-5,7,9-11,15,18H,2,6,8H2. The summed E-state index contributed by atoms with van der Waals surface area (Å²) in [4.78, 5) is 5.21. The topological polar surface area (TPSA) is 43.0 Å². The summed E-state index contributed by atoms with van der Waals surface area (Å²) in [6.45, 7) is 1.84. The fourth-order valence-electron chi connectivity index (χ4n) is 2.21. The third-order valence-corrected chi connectivity index (χ3v) is 4.50. The lowest BCUT2D eigenvalue weighted by Gasteiger charge is -2.15. The number of aryl methyl sites for hydroxylation is 1. The van der Waals surface area contributed by atoms with E-state index >= 15 is 0 Å². The Morgan fingerprint density at radius 3 is 3.00 bits per heavy atom. The number of halogens is 1. The van der Waals surface area contributed by atoms with Crippen molar-refractivity contribution in [3.63, 3.8) is 0 Å². The predicted molar refractivity (Wildman–Crippen MR) is 84.7 cm³/mol. The van der Waals surface area contributed by atoms with E-state index in [0.29, 0.717) is 0 Å². The van der Waals surface area contributed by atoms with Crippen molar-refractivity contribution in [2.75, 3.05) is 6.54 Å². The van der Waals surface area contributed by atoms with Gasteiger partial charge in [-0.25, -0.2) is 4.98 Å². The van der Waals surface area contributed by atoms with E-state index in [0.717, 1.165) is 34.5 Å². The number of nitrogens with zero attached hydrogens (tertiary/aromatic N) is 2. The Balaban J connectivity index is 1.60. The molecule has 0 saturated carbocycles. The summed E-state index contributed by atoms with van der Waals surface area (Å²) in [5.74, 6) is 0.913. The molecule has 21 heavy (non-hydrogen) atoms. The molecule has 0 aliphatic heterocycles. The zero-order chi connectivity index (χ0) is 14.5. The number of thiophene rings is 1. The van der Waals surface area contributed by atoms with Crippen LogP contribution in [0.1, 0.15) is 23.1 Å². The van der Waals surface area contributed by atoms with Gasteiger partial charge in [0.05, 0.1) is 16.9 Å². The molecule has 1 N–H and O–H groups in total. The Morgan fingerprint density at radius 2 is 2.33 bits per heavy atom. The summed E-state index contributed by atoms with van der Waals surface area (Å²) in [5, 5.41) is 3.54. The Labute approximate surface area is 132 Å². The molecule has 0 bridgehead atoms. The van der Waals surface area contributed by atoms with Crippen LogP contribution in [0.3, 0.4) is 0 Å². The Morgan fingerprint density at radius 1 is 1.38 bits per heavy atom. The first kappa shape index (κ1) is 14.4. The van der Waals surface area contributed by atoms with E-state index in [1.165, 1.54) is 0 Å². The van der Waals surface area contributed by atoms with Crippen LogP contribution in [0.4, 0.5) is 0 Å². The van der Waals surface area contributed by atoms with Gasteiger partial charge in [0, 0.05) is 23.8 Å². The van der Waals surface area contributed by atoms with Crippen LogP contribution in [0, 0.1) is 0 Å². The molecule has 1 unspecified atom stereocenters. The van der Waals surface area contributed by atoms with Crippen LogP contribution in [-0.4, -0.2) is 16.1 Å². The largest absolute Gasteiger partial charge is 0.467 e.